The fraction of sp³-hybridized carbons (Fsp3) is 0.824. The fourth-order valence-electron chi connectivity index (χ4n) is 6.84. The first-order chi connectivity index (χ1) is 29.1. The second-order valence-corrected chi connectivity index (χ2v) is 19.3. The molecule has 0 spiro atoms. The van der Waals surface area contributed by atoms with Gasteiger partial charge in [-0.25, -0.2) is 4.57 Å². The van der Waals surface area contributed by atoms with E-state index in [1.54, 1.807) is 0 Å². The summed E-state index contributed by atoms with van der Waals surface area (Å²) in [5.74, 6) is -0.325. The summed E-state index contributed by atoms with van der Waals surface area (Å²) in [4.78, 5) is 23.0. The SMILES string of the molecule is CC/C=C\C/C=C\C/C=C\C/C=C\CCCCCCCCC(=O)OC(COCCCCCCCCCCCCCCCCCCCCC)COP(=O)(O)OCC[N+](C)(C)C. The maximum absolute atomic E-state index is 12.7. The highest BCUT2D eigenvalue weighted by molar-refractivity contribution is 7.47. The molecule has 0 aliphatic heterocycles. The maximum atomic E-state index is 12.7. The van der Waals surface area contributed by atoms with Gasteiger partial charge in [0, 0.05) is 13.0 Å². The lowest BCUT2D eigenvalue weighted by Gasteiger charge is -2.24. The predicted octanol–water partition coefficient (Wildman–Crippen LogP) is 15.1. The fourth-order valence-corrected chi connectivity index (χ4v) is 7.58. The van der Waals surface area contributed by atoms with Crippen LogP contribution in [0, 0.1) is 0 Å². The van der Waals surface area contributed by atoms with Crippen LogP contribution in [0.1, 0.15) is 213 Å². The van der Waals surface area contributed by atoms with E-state index in [1.807, 2.05) is 21.1 Å². The zero-order valence-corrected chi connectivity index (χ0v) is 40.8. The molecular formula is C51H97NO7P+. The number of carbonyl (C=O) groups excluding carboxylic acids is 1. The molecular weight excluding hydrogens is 770 g/mol. The van der Waals surface area contributed by atoms with E-state index < -0.39 is 13.9 Å². The van der Waals surface area contributed by atoms with E-state index in [2.05, 4.69) is 62.5 Å². The van der Waals surface area contributed by atoms with Crippen molar-refractivity contribution < 1.29 is 37.3 Å². The Labute approximate surface area is 371 Å². The summed E-state index contributed by atoms with van der Waals surface area (Å²) in [6.45, 7) is 5.52. The van der Waals surface area contributed by atoms with E-state index in [4.69, 9.17) is 18.5 Å². The lowest BCUT2D eigenvalue weighted by Crippen LogP contribution is -2.37. The molecule has 0 rings (SSSR count). The molecule has 0 aliphatic rings. The normalized spacial score (nSPS) is 14.0. The minimum Gasteiger partial charge on any atom is -0.457 e. The number of phosphoric acid groups is 1. The van der Waals surface area contributed by atoms with Gasteiger partial charge in [-0.15, -0.1) is 0 Å². The molecule has 0 bridgehead atoms. The van der Waals surface area contributed by atoms with Gasteiger partial charge in [0.25, 0.3) is 0 Å². The number of hydrogen-bond donors (Lipinski definition) is 1. The van der Waals surface area contributed by atoms with E-state index in [-0.39, 0.29) is 25.8 Å². The van der Waals surface area contributed by atoms with Gasteiger partial charge in [-0.05, 0) is 51.4 Å². The standard InChI is InChI=1S/C51H96NO7P/c1-6-8-10-12-14-16-18-20-22-24-26-28-30-32-34-36-38-40-42-44-51(53)59-50(49-58-60(54,55)57-47-45-52(3,4)5)48-56-46-43-41-39-37-35-33-31-29-27-25-23-21-19-17-15-13-11-9-7-2/h8,10,14,16,20,22,26,28,50H,6-7,9,11-13,15,17-19,21,23-25,27,29-49H2,1-5H3/p+1/b10-8-,16-14-,22-20-,28-26-. The van der Waals surface area contributed by atoms with Gasteiger partial charge in [0.1, 0.15) is 19.3 Å². The Morgan fingerprint density at radius 2 is 0.967 bits per heavy atom. The molecule has 0 fully saturated rings. The molecule has 0 aromatic carbocycles. The second-order valence-electron chi connectivity index (χ2n) is 17.8. The monoisotopic (exact) mass is 867 g/mol. The largest absolute Gasteiger partial charge is 0.472 e. The van der Waals surface area contributed by atoms with Crippen molar-refractivity contribution in [1.82, 2.24) is 0 Å². The third kappa shape index (κ3) is 47.5. The van der Waals surface area contributed by atoms with Gasteiger partial charge >= 0.3 is 13.8 Å². The van der Waals surface area contributed by atoms with Crippen molar-refractivity contribution in [2.24, 2.45) is 0 Å². The quantitative estimate of drug-likeness (QED) is 0.0214. The van der Waals surface area contributed by atoms with Crippen molar-refractivity contribution in [3.05, 3.63) is 48.6 Å². The van der Waals surface area contributed by atoms with Crippen molar-refractivity contribution in [2.75, 3.05) is 54.1 Å². The molecule has 0 aromatic rings. The van der Waals surface area contributed by atoms with Crippen LogP contribution in [0.4, 0.5) is 0 Å². The van der Waals surface area contributed by atoms with Gasteiger partial charge in [0.2, 0.25) is 0 Å². The van der Waals surface area contributed by atoms with E-state index >= 15 is 0 Å². The van der Waals surface area contributed by atoms with E-state index in [0.717, 1.165) is 70.6 Å². The molecule has 0 saturated carbocycles. The Hall–Kier alpha value is -1.54. The van der Waals surface area contributed by atoms with Crippen LogP contribution in [-0.4, -0.2) is 75.6 Å². The van der Waals surface area contributed by atoms with Crippen LogP contribution in [0.3, 0.4) is 0 Å². The van der Waals surface area contributed by atoms with Crippen LogP contribution in [-0.2, 0) is 27.9 Å². The minimum atomic E-state index is -4.28. The number of phosphoric ester groups is 1. The number of hydrogen-bond acceptors (Lipinski definition) is 6. The topological polar surface area (TPSA) is 91.3 Å². The van der Waals surface area contributed by atoms with Gasteiger partial charge in [-0.1, -0.05) is 204 Å². The summed E-state index contributed by atoms with van der Waals surface area (Å²) in [5, 5.41) is 0. The summed E-state index contributed by atoms with van der Waals surface area (Å²) < 4.78 is 35.1. The van der Waals surface area contributed by atoms with Crippen molar-refractivity contribution >= 4 is 13.8 Å². The van der Waals surface area contributed by atoms with Gasteiger partial charge in [0.05, 0.1) is 34.4 Å². The summed E-state index contributed by atoms with van der Waals surface area (Å²) in [6, 6.07) is 0. The summed E-state index contributed by atoms with van der Waals surface area (Å²) in [7, 11) is 1.66. The number of nitrogens with zero attached hydrogens (tertiary/aromatic N) is 1. The molecule has 9 heteroatoms. The van der Waals surface area contributed by atoms with Crippen LogP contribution in [0.25, 0.3) is 0 Å². The summed E-state index contributed by atoms with van der Waals surface area (Å²) >= 11 is 0. The average Bonchev–Trinajstić information content (AvgIpc) is 3.20. The van der Waals surface area contributed by atoms with Crippen LogP contribution >= 0.6 is 7.82 Å². The predicted molar refractivity (Wildman–Crippen MR) is 256 cm³/mol. The Kier molecular flexibility index (Phi) is 43.0. The third-order valence-corrected chi connectivity index (χ3v) is 11.6. The number of esters is 1. The molecule has 0 saturated heterocycles. The van der Waals surface area contributed by atoms with E-state index in [0.29, 0.717) is 24.1 Å². The zero-order chi connectivity index (χ0) is 44.1. The van der Waals surface area contributed by atoms with Crippen LogP contribution in [0.15, 0.2) is 48.6 Å². The average molecular weight is 867 g/mol. The zero-order valence-electron chi connectivity index (χ0n) is 39.9. The number of carbonyl (C=O) groups is 1. The maximum Gasteiger partial charge on any atom is 0.472 e. The Bertz CT molecular complexity index is 1100. The van der Waals surface area contributed by atoms with Crippen molar-refractivity contribution in [2.45, 2.75) is 219 Å². The lowest BCUT2D eigenvalue weighted by atomic mass is 10.0. The van der Waals surface area contributed by atoms with Gasteiger partial charge < -0.3 is 18.9 Å². The first kappa shape index (κ1) is 58.5. The van der Waals surface area contributed by atoms with Crippen molar-refractivity contribution in [1.29, 1.82) is 0 Å². The third-order valence-electron chi connectivity index (χ3n) is 10.7. The van der Waals surface area contributed by atoms with Crippen LogP contribution in [0.2, 0.25) is 0 Å². The summed E-state index contributed by atoms with van der Waals surface area (Å²) in [6.07, 6.45) is 54.4. The van der Waals surface area contributed by atoms with Crippen LogP contribution < -0.4 is 0 Å². The highest BCUT2D eigenvalue weighted by Crippen LogP contribution is 2.43. The van der Waals surface area contributed by atoms with Gasteiger partial charge in [-0.3, -0.25) is 13.8 Å². The van der Waals surface area contributed by atoms with E-state index in [1.165, 1.54) is 122 Å². The molecule has 0 aliphatic carbocycles. The highest BCUT2D eigenvalue weighted by Gasteiger charge is 2.26. The molecule has 0 amide bonds. The number of allylic oxidation sites excluding steroid dienone is 8. The molecule has 0 aromatic heterocycles. The molecule has 1 N–H and O–H groups in total. The number of likely N-dealkylation sites (N-methyl/N-ethyl adjacent to an activating group) is 1. The first-order valence-corrected chi connectivity index (χ1v) is 26.4. The lowest BCUT2D eigenvalue weighted by molar-refractivity contribution is -0.870. The first-order valence-electron chi connectivity index (χ1n) is 24.9. The number of rotatable bonds is 46. The molecule has 2 atom stereocenters. The van der Waals surface area contributed by atoms with Crippen molar-refractivity contribution in [3.8, 4) is 0 Å². The van der Waals surface area contributed by atoms with E-state index in [9.17, 15) is 14.3 Å². The molecule has 60 heavy (non-hydrogen) atoms. The highest BCUT2D eigenvalue weighted by atomic mass is 31.2. The van der Waals surface area contributed by atoms with Crippen molar-refractivity contribution in [3.63, 3.8) is 0 Å². The van der Waals surface area contributed by atoms with Gasteiger partial charge in [0.15, 0.2) is 0 Å². The Morgan fingerprint density at radius 3 is 1.45 bits per heavy atom. The molecule has 352 valence electrons. The van der Waals surface area contributed by atoms with Gasteiger partial charge in [-0.2, -0.15) is 0 Å². The summed E-state index contributed by atoms with van der Waals surface area (Å²) in [5.41, 5.74) is 0. The van der Waals surface area contributed by atoms with Crippen LogP contribution in [0.5, 0.6) is 0 Å². The number of ether oxygens (including phenoxy) is 2. The Morgan fingerprint density at radius 1 is 0.533 bits per heavy atom. The Balaban J connectivity index is 4.18. The molecule has 0 radical (unpaired) electrons. The number of unbranched alkanes of at least 4 members (excludes halogenated alkanes) is 24. The molecule has 8 nitrogen and oxygen atoms in total. The molecule has 0 heterocycles. The molecule has 2 unspecified atom stereocenters. The number of quaternary nitrogens is 1. The second kappa shape index (κ2) is 44.1. The minimum absolute atomic E-state index is 0.0854. The smallest absolute Gasteiger partial charge is 0.457 e.